The van der Waals surface area contributed by atoms with Crippen LogP contribution in [0.5, 0.6) is 0 Å². The summed E-state index contributed by atoms with van der Waals surface area (Å²) in [6, 6.07) is 0. The van der Waals surface area contributed by atoms with Crippen LogP contribution in [0.3, 0.4) is 0 Å². The lowest BCUT2D eigenvalue weighted by Crippen LogP contribution is -2.56. The molecule has 5 nitrogen and oxygen atoms in total. The van der Waals surface area contributed by atoms with Crippen molar-refractivity contribution < 1.29 is 5.11 Å². The summed E-state index contributed by atoms with van der Waals surface area (Å²) in [4.78, 5) is 6.57. The highest BCUT2D eigenvalue weighted by Gasteiger charge is 2.44. The molecule has 1 saturated carbocycles. The van der Waals surface area contributed by atoms with Crippen LogP contribution in [-0.4, -0.2) is 52.3 Å². The average molecular weight is 252 g/mol. The molecule has 18 heavy (non-hydrogen) atoms. The van der Waals surface area contributed by atoms with Gasteiger partial charge in [0.15, 0.2) is 0 Å². The monoisotopic (exact) mass is 252 g/mol. The van der Waals surface area contributed by atoms with Gasteiger partial charge in [0, 0.05) is 26.0 Å². The third-order valence-corrected chi connectivity index (χ3v) is 4.02. The molecule has 1 aromatic heterocycles. The molecule has 1 heterocycles. The van der Waals surface area contributed by atoms with Crippen molar-refractivity contribution in [1.82, 2.24) is 19.8 Å². The number of nitrogens with one attached hydrogen (secondary N) is 1. The number of aliphatic hydroxyl groups is 1. The summed E-state index contributed by atoms with van der Waals surface area (Å²) < 4.78 is 2.04. The summed E-state index contributed by atoms with van der Waals surface area (Å²) in [5.74, 6) is 1.66. The van der Waals surface area contributed by atoms with Crippen molar-refractivity contribution in [2.24, 2.45) is 13.0 Å². The van der Waals surface area contributed by atoms with E-state index in [0.29, 0.717) is 5.92 Å². The molecule has 1 fully saturated rings. The van der Waals surface area contributed by atoms with Gasteiger partial charge in [0.1, 0.15) is 5.82 Å². The Morgan fingerprint density at radius 3 is 2.78 bits per heavy atom. The van der Waals surface area contributed by atoms with Crippen LogP contribution in [0.1, 0.15) is 18.7 Å². The van der Waals surface area contributed by atoms with Gasteiger partial charge < -0.3 is 15.0 Å². The van der Waals surface area contributed by atoms with E-state index >= 15 is 0 Å². The minimum atomic E-state index is -0.153. The maximum atomic E-state index is 9.71. The largest absolute Gasteiger partial charge is 0.394 e. The number of hydrogen-bond donors (Lipinski definition) is 2. The predicted octanol–water partition coefficient (Wildman–Crippen LogP) is 0.212. The smallest absolute Gasteiger partial charge is 0.122 e. The first kappa shape index (κ1) is 13.5. The lowest BCUT2D eigenvalue weighted by Gasteiger charge is -2.35. The lowest BCUT2D eigenvalue weighted by molar-refractivity contribution is 0.104. The number of aromatic nitrogens is 2. The molecule has 1 aliphatic rings. The highest BCUT2D eigenvalue weighted by Crippen LogP contribution is 2.39. The second-order valence-corrected chi connectivity index (χ2v) is 5.47. The molecule has 102 valence electrons. The first-order valence-electron chi connectivity index (χ1n) is 6.56. The van der Waals surface area contributed by atoms with Gasteiger partial charge in [-0.05, 0) is 32.9 Å². The van der Waals surface area contributed by atoms with Gasteiger partial charge >= 0.3 is 0 Å². The van der Waals surface area contributed by atoms with Gasteiger partial charge in [-0.3, -0.25) is 4.90 Å². The molecule has 1 aliphatic carbocycles. The van der Waals surface area contributed by atoms with Crippen molar-refractivity contribution in [2.75, 3.05) is 27.2 Å². The zero-order valence-electron chi connectivity index (χ0n) is 11.6. The standard InChI is InChI=1S/C13H24N4O/c1-14-13(10-18,11-4-5-11)9-16(2)8-12-15-6-7-17(12)3/h6-7,11,14,18H,4-5,8-10H2,1-3H3. The molecule has 0 saturated heterocycles. The van der Waals surface area contributed by atoms with E-state index in [4.69, 9.17) is 0 Å². The Kier molecular flexibility index (Phi) is 4.04. The first-order chi connectivity index (χ1) is 8.61. The molecular formula is C13H24N4O. The molecule has 0 amide bonds. The van der Waals surface area contributed by atoms with Gasteiger partial charge in [0.05, 0.1) is 18.7 Å². The summed E-state index contributed by atoms with van der Waals surface area (Å²) in [5, 5.41) is 13.0. The summed E-state index contributed by atoms with van der Waals surface area (Å²) >= 11 is 0. The lowest BCUT2D eigenvalue weighted by atomic mass is 9.93. The second kappa shape index (κ2) is 5.38. The molecule has 0 spiro atoms. The Bertz CT molecular complexity index is 382. The van der Waals surface area contributed by atoms with E-state index in [2.05, 4.69) is 22.2 Å². The highest BCUT2D eigenvalue weighted by atomic mass is 16.3. The minimum Gasteiger partial charge on any atom is -0.394 e. The van der Waals surface area contributed by atoms with E-state index in [1.165, 1.54) is 12.8 Å². The van der Waals surface area contributed by atoms with Crippen molar-refractivity contribution >= 4 is 0 Å². The number of nitrogens with zero attached hydrogens (tertiary/aromatic N) is 3. The zero-order valence-corrected chi connectivity index (χ0v) is 11.6. The summed E-state index contributed by atoms with van der Waals surface area (Å²) in [5.41, 5.74) is -0.153. The van der Waals surface area contributed by atoms with Crippen LogP contribution in [0.2, 0.25) is 0 Å². The van der Waals surface area contributed by atoms with E-state index in [9.17, 15) is 5.11 Å². The van der Waals surface area contributed by atoms with Gasteiger partial charge in [0.2, 0.25) is 0 Å². The number of rotatable bonds is 7. The fourth-order valence-corrected chi connectivity index (χ4v) is 2.63. The van der Waals surface area contributed by atoms with Crippen LogP contribution in [0.15, 0.2) is 12.4 Å². The Labute approximate surface area is 109 Å². The average Bonchev–Trinajstić information content (AvgIpc) is 3.13. The molecule has 0 bridgehead atoms. The van der Waals surface area contributed by atoms with Gasteiger partial charge in [-0.25, -0.2) is 4.98 Å². The van der Waals surface area contributed by atoms with Crippen LogP contribution in [0.25, 0.3) is 0 Å². The predicted molar refractivity (Wildman–Crippen MR) is 71.1 cm³/mol. The molecular weight excluding hydrogens is 228 g/mol. The highest BCUT2D eigenvalue weighted by molar-refractivity contribution is 5.02. The van der Waals surface area contributed by atoms with Crippen LogP contribution >= 0.6 is 0 Å². The van der Waals surface area contributed by atoms with Crippen molar-refractivity contribution in [3.05, 3.63) is 18.2 Å². The molecule has 1 atom stereocenters. The molecule has 5 heteroatoms. The fraction of sp³-hybridized carbons (Fsp3) is 0.769. The van der Waals surface area contributed by atoms with Gasteiger partial charge in [-0.2, -0.15) is 0 Å². The number of hydrogen-bond acceptors (Lipinski definition) is 4. The normalized spacial score (nSPS) is 19.2. The van der Waals surface area contributed by atoms with E-state index in [-0.39, 0.29) is 12.1 Å². The van der Waals surface area contributed by atoms with Crippen LogP contribution in [0.4, 0.5) is 0 Å². The Morgan fingerprint density at radius 1 is 1.61 bits per heavy atom. The maximum Gasteiger partial charge on any atom is 0.122 e. The molecule has 0 radical (unpaired) electrons. The van der Waals surface area contributed by atoms with Crippen LogP contribution in [-0.2, 0) is 13.6 Å². The number of aliphatic hydroxyl groups excluding tert-OH is 1. The molecule has 0 aliphatic heterocycles. The maximum absolute atomic E-state index is 9.71. The number of likely N-dealkylation sites (N-methyl/N-ethyl adjacent to an activating group) is 2. The number of imidazole rings is 1. The molecule has 1 unspecified atom stereocenters. The Hall–Kier alpha value is -0.910. The summed E-state index contributed by atoms with van der Waals surface area (Å²) in [7, 11) is 6.04. The third kappa shape index (κ3) is 2.74. The third-order valence-electron chi connectivity index (χ3n) is 4.02. The van der Waals surface area contributed by atoms with Crippen molar-refractivity contribution in [3.8, 4) is 0 Å². The van der Waals surface area contributed by atoms with E-state index < -0.39 is 0 Å². The van der Waals surface area contributed by atoms with Crippen LogP contribution < -0.4 is 5.32 Å². The van der Waals surface area contributed by atoms with Gasteiger partial charge in [0.25, 0.3) is 0 Å². The zero-order chi connectivity index (χ0) is 13.2. The fourth-order valence-electron chi connectivity index (χ4n) is 2.63. The second-order valence-electron chi connectivity index (χ2n) is 5.47. The molecule has 2 N–H and O–H groups in total. The van der Waals surface area contributed by atoms with E-state index in [1.54, 1.807) is 0 Å². The molecule has 0 aromatic carbocycles. The molecule has 1 aromatic rings. The summed E-state index contributed by atoms with van der Waals surface area (Å²) in [6.07, 6.45) is 6.22. The Morgan fingerprint density at radius 2 is 2.33 bits per heavy atom. The van der Waals surface area contributed by atoms with Gasteiger partial charge in [-0.15, -0.1) is 0 Å². The minimum absolute atomic E-state index is 0.153. The van der Waals surface area contributed by atoms with Crippen molar-refractivity contribution in [3.63, 3.8) is 0 Å². The van der Waals surface area contributed by atoms with Crippen molar-refractivity contribution in [1.29, 1.82) is 0 Å². The van der Waals surface area contributed by atoms with Gasteiger partial charge in [-0.1, -0.05) is 0 Å². The van der Waals surface area contributed by atoms with Crippen molar-refractivity contribution in [2.45, 2.75) is 24.9 Å². The summed E-state index contributed by atoms with van der Waals surface area (Å²) in [6.45, 7) is 1.84. The Balaban J connectivity index is 1.97. The van der Waals surface area contributed by atoms with Crippen LogP contribution in [0, 0.1) is 5.92 Å². The van der Waals surface area contributed by atoms with E-state index in [1.807, 2.05) is 31.1 Å². The first-order valence-corrected chi connectivity index (χ1v) is 6.56. The quantitative estimate of drug-likeness (QED) is 0.728. The van der Waals surface area contributed by atoms with E-state index in [0.717, 1.165) is 18.9 Å². The SMILES string of the molecule is CNC(CO)(CN(C)Cc1nccn1C)C1CC1. The number of aryl methyl sites for hydroxylation is 1. The molecule has 2 rings (SSSR count). The topological polar surface area (TPSA) is 53.3 Å².